The van der Waals surface area contributed by atoms with Gasteiger partial charge in [-0.15, -0.1) is 0 Å². The molecule has 0 spiro atoms. The van der Waals surface area contributed by atoms with E-state index in [-0.39, 0.29) is 12.6 Å². The van der Waals surface area contributed by atoms with Crippen molar-refractivity contribution in [2.45, 2.75) is 26.8 Å². The van der Waals surface area contributed by atoms with Crippen molar-refractivity contribution in [3.8, 4) is 0 Å². The Labute approximate surface area is 68.1 Å². The van der Waals surface area contributed by atoms with Gasteiger partial charge in [0.05, 0.1) is 19.3 Å². The van der Waals surface area contributed by atoms with E-state index in [1.54, 1.807) is 0 Å². The summed E-state index contributed by atoms with van der Waals surface area (Å²) in [5.41, 5.74) is 0.976. The van der Waals surface area contributed by atoms with Crippen LogP contribution < -0.4 is 0 Å². The molecular weight excluding hydrogens is 142 g/mol. The molecule has 0 aromatic rings. The van der Waals surface area contributed by atoms with E-state index in [2.05, 4.69) is 4.99 Å². The van der Waals surface area contributed by atoms with Gasteiger partial charge in [0.2, 0.25) is 0 Å². The van der Waals surface area contributed by atoms with E-state index in [0.717, 1.165) is 5.71 Å². The van der Waals surface area contributed by atoms with Gasteiger partial charge in [-0.3, -0.25) is 4.99 Å². The molecule has 0 saturated carbocycles. The molecule has 0 heterocycles. The highest BCUT2D eigenvalue weighted by molar-refractivity contribution is 5.79. The molecule has 3 nitrogen and oxygen atoms in total. The highest BCUT2D eigenvalue weighted by Gasteiger charge is 2.03. The number of nitrogens with zero attached hydrogens (tertiary/aromatic N) is 1. The standard InChI is InChI=1S/C8H17NO2/c1-4-11-6-8(5-10)9-7(2)3/h8,10H,4-6H2,1-3H3. The van der Waals surface area contributed by atoms with Crippen LogP contribution in [-0.2, 0) is 4.74 Å². The Morgan fingerprint density at radius 2 is 2.18 bits per heavy atom. The van der Waals surface area contributed by atoms with Gasteiger partial charge in [-0.2, -0.15) is 0 Å². The van der Waals surface area contributed by atoms with Crippen LogP contribution in [0.5, 0.6) is 0 Å². The van der Waals surface area contributed by atoms with Crippen molar-refractivity contribution in [3.63, 3.8) is 0 Å². The summed E-state index contributed by atoms with van der Waals surface area (Å²) in [7, 11) is 0. The first-order valence-corrected chi connectivity index (χ1v) is 3.90. The van der Waals surface area contributed by atoms with Crippen molar-refractivity contribution in [1.29, 1.82) is 0 Å². The van der Waals surface area contributed by atoms with E-state index in [9.17, 15) is 0 Å². The highest BCUT2D eigenvalue weighted by Crippen LogP contribution is 1.92. The Bertz CT molecular complexity index is 119. The molecule has 0 aliphatic rings. The molecule has 3 heteroatoms. The fraction of sp³-hybridized carbons (Fsp3) is 0.875. The minimum Gasteiger partial charge on any atom is -0.394 e. The number of rotatable bonds is 5. The van der Waals surface area contributed by atoms with Crippen molar-refractivity contribution < 1.29 is 9.84 Å². The zero-order valence-corrected chi connectivity index (χ0v) is 7.50. The summed E-state index contributed by atoms with van der Waals surface area (Å²) in [6.45, 7) is 7.00. The third-order valence-electron chi connectivity index (χ3n) is 1.17. The van der Waals surface area contributed by atoms with Crippen LogP contribution in [0.25, 0.3) is 0 Å². The first-order valence-electron chi connectivity index (χ1n) is 3.90. The average molecular weight is 159 g/mol. The van der Waals surface area contributed by atoms with Crippen LogP contribution in [0.2, 0.25) is 0 Å². The Balaban J connectivity index is 3.67. The lowest BCUT2D eigenvalue weighted by atomic mass is 10.3. The predicted octanol–water partition coefficient (Wildman–Crippen LogP) is 0.865. The summed E-state index contributed by atoms with van der Waals surface area (Å²) in [5.74, 6) is 0. The second-order valence-electron chi connectivity index (χ2n) is 2.57. The topological polar surface area (TPSA) is 41.8 Å². The molecule has 11 heavy (non-hydrogen) atoms. The lowest BCUT2D eigenvalue weighted by molar-refractivity contribution is 0.111. The molecule has 0 bridgehead atoms. The summed E-state index contributed by atoms with van der Waals surface area (Å²) in [6, 6.07) is -0.0834. The summed E-state index contributed by atoms with van der Waals surface area (Å²) in [4.78, 5) is 4.17. The van der Waals surface area contributed by atoms with E-state index in [4.69, 9.17) is 9.84 Å². The van der Waals surface area contributed by atoms with Gasteiger partial charge in [-0.25, -0.2) is 0 Å². The van der Waals surface area contributed by atoms with Crippen molar-refractivity contribution in [3.05, 3.63) is 0 Å². The fourth-order valence-electron chi connectivity index (χ4n) is 0.750. The van der Waals surface area contributed by atoms with Crippen LogP contribution in [0.15, 0.2) is 4.99 Å². The molecule has 0 aromatic carbocycles. The smallest absolute Gasteiger partial charge is 0.0962 e. The minimum atomic E-state index is -0.0834. The number of hydrogen-bond acceptors (Lipinski definition) is 3. The number of hydrogen-bond donors (Lipinski definition) is 1. The van der Waals surface area contributed by atoms with Gasteiger partial charge in [-0.1, -0.05) is 0 Å². The first-order chi connectivity index (χ1) is 5.20. The zero-order chi connectivity index (χ0) is 8.69. The van der Waals surface area contributed by atoms with Crippen molar-refractivity contribution in [2.75, 3.05) is 19.8 Å². The van der Waals surface area contributed by atoms with Crippen LogP contribution >= 0.6 is 0 Å². The molecule has 1 unspecified atom stereocenters. The SMILES string of the molecule is CCOCC(CO)N=C(C)C. The van der Waals surface area contributed by atoms with Crippen molar-refractivity contribution >= 4 is 5.71 Å². The van der Waals surface area contributed by atoms with E-state index in [0.29, 0.717) is 13.2 Å². The molecule has 0 rings (SSSR count). The van der Waals surface area contributed by atoms with E-state index in [1.165, 1.54) is 0 Å². The third kappa shape index (κ3) is 6.01. The number of aliphatic hydroxyl groups excluding tert-OH is 1. The second kappa shape index (κ2) is 6.31. The van der Waals surface area contributed by atoms with Gasteiger partial charge in [0.1, 0.15) is 0 Å². The molecule has 0 amide bonds. The largest absolute Gasteiger partial charge is 0.394 e. The molecule has 1 atom stereocenters. The number of ether oxygens (including phenoxy) is 1. The van der Waals surface area contributed by atoms with Gasteiger partial charge < -0.3 is 9.84 Å². The molecule has 1 N–H and O–H groups in total. The monoisotopic (exact) mass is 159 g/mol. The summed E-state index contributed by atoms with van der Waals surface area (Å²) in [6.07, 6.45) is 0. The maximum Gasteiger partial charge on any atom is 0.0962 e. The first kappa shape index (κ1) is 10.6. The maximum atomic E-state index is 8.81. The summed E-state index contributed by atoms with van der Waals surface area (Å²) >= 11 is 0. The van der Waals surface area contributed by atoms with E-state index >= 15 is 0 Å². The lowest BCUT2D eigenvalue weighted by Crippen LogP contribution is -2.19. The Morgan fingerprint density at radius 3 is 2.55 bits per heavy atom. The molecule has 0 aromatic heterocycles. The Hall–Kier alpha value is -0.410. The normalized spacial score (nSPS) is 12.7. The van der Waals surface area contributed by atoms with Gasteiger partial charge >= 0.3 is 0 Å². The molecule has 0 aliphatic carbocycles. The molecular formula is C8H17NO2. The van der Waals surface area contributed by atoms with Gasteiger partial charge in [0, 0.05) is 12.3 Å². The van der Waals surface area contributed by atoms with E-state index < -0.39 is 0 Å². The third-order valence-corrected chi connectivity index (χ3v) is 1.17. The summed E-state index contributed by atoms with van der Waals surface area (Å²) in [5, 5.41) is 8.81. The van der Waals surface area contributed by atoms with Crippen LogP contribution in [0.3, 0.4) is 0 Å². The van der Waals surface area contributed by atoms with Gasteiger partial charge in [0.15, 0.2) is 0 Å². The Morgan fingerprint density at radius 1 is 1.55 bits per heavy atom. The predicted molar refractivity (Wildman–Crippen MR) is 46.1 cm³/mol. The highest BCUT2D eigenvalue weighted by atomic mass is 16.5. The second-order valence-corrected chi connectivity index (χ2v) is 2.57. The van der Waals surface area contributed by atoms with Gasteiger partial charge in [-0.05, 0) is 20.8 Å². The van der Waals surface area contributed by atoms with Gasteiger partial charge in [0.25, 0.3) is 0 Å². The number of aliphatic hydroxyl groups is 1. The molecule has 0 radical (unpaired) electrons. The lowest BCUT2D eigenvalue weighted by Gasteiger charge is -2.08. The number of aliphatic imine (C=N–C) groups is 1. The quantitative estimate of drug-likeness (QED) is 0.605. The van der Waals surface area contributed by atoms with Crippen molar-refractivity contribution in [2.24, 2.45) is 4.99 Å². The summed E-state index contributed by atoms with van der Waals surface area (Å²) < 4.78 is 5.12. The van der Waals surface area contributed by atoms with E-state index in [1.807, 2.05) is 20.8 Å². The molecule has 0 aliphatic heterocycles. The van der Waals surface area contributed by atoms with Crippen LogP contribution in [-0.4, -0.2) is 36.7 Å². The van der Waals surface area contributed by atoms with Crippen LogP contribution in [0.1, 0.15) is 20.8 Å². The molecule has 0 fully saturated rings. The Kier molecular flexibility index (Phi) is 6.07. The minimum absolute atomic E-state index is 0.0607. The molecule has 66 valence electrons. The van der Waals surface area contributed by atoms with Crippen LogP contribution in [0, 0.1) is 0 Å². The fourth-order valence-corrected chi connectivity index (χ4v) is 0.750. The average Bonchev–Trinajstić information content (AvgIpc) is 1.97. The van der Waals surface area contributed by atoms with Crippen LogP contribution in [0.4, 0.5) is 0 Å². The maximum absolute atomic E-state index is 8.81. The van der Waals surface area contributed by atoms with Crippen molar-refractivity contribution in [1.82, 2.24) is 0 Å². The molecule has 0 saturated heterocycles. The zero-order valence-electron chi connectivity index (χ0n) is 7.50.